The number of carbonyl (C=O) groups is 4. The second-order valence-electron chi connectivity index (χ2n) is 14.2. The van der Waals surface area contributed by atoms with Crippen molar-refractivity contribution in [3.05, 3.63) is 24.3 Å². The summed E-state index contributed by atoms with van der Waals surface area (Å²) in [6.45, 7) is 2.99. The van der Waals surface area contributed by atoms with Gasteiger partial charge >= 0.3 is 24.7 Å². The van der Waals surface area contributed by atoms with Crippen LogP contribution in [0.25, 0.3) is 0 Å². The molecular formula is C33H50BNO18Si2. The first-order valence-corrected chi connectivity index (χ1v) is 22.3. The van der Waals surface area contributed by atoms with Gasteiger partial charge in [-0.05, 0) is 50.2 Å². The Kier molecular flexibility index (Phi) is 15.1. The zero-order valence-electron chi connectivity index (χ0n) is 30.5. The number of hydrogen-bond donors (Lipinski definition) is 7. The van der Waals surface area contributed by atoms with Crippen LogP contribution in [0.5, 0.6) is 0 Å². The molecule has 55 heavy (non-hydrogen) atoms. The molecule has 0 spiro atoms. The molecule has 1 aromatic rings. The van der Waals surface area contributed by atoms with Crippen molar-refractivity contribution in [3.8, 4) is 0 Å². The third-order valence-corrected chi connectivity index (χ3v) is 16.1. The Morgan fingerprint density at radius 1 is 0.818 bits per heavy atom. The molecule has 4 fully saturated rings. The Hall–Kier alpha value is -2.68. The number of fused-ring (bicyclic) bond motifs is 4. The summed E-state index contributed by atoms with van der Waals surface area (Å²) in [6.07, 6.45) is -8.67. The number of hydrogen-bond acceptors (Lipinski definition) is 18. The van der Waals surface area contributed by atoms with Crippen LogP contribution in [0.3, 0.4) is 0 Å². The van der Waals surface area contributed by atoms with Crippen LogP contribution in [-0.2, 0) is 55.2 Å². The fourth-order valence-electron chi connectivity index (χ4n) is 7.50. The highest BCUT2D eigenvalue weighted by molar-refractivity contribution is 6.62. The van der Waals surface area contributed by atoms with E-state index in [9.17, 15) is 49.7 Å². The molecule has 1 aromatic carbocycles. The minimum Gasteiger partial charge on any atom is -0.467 e. The maximum absolute atomic E-state index is 13.1. The van der Waals surface area contributed by atoms with Crippen LogP contribution in [-0.4, -0.2) is 155 Å². The number of aliphatic hydroxyl groups excluding tert-OH is 4. The summed E-state index contributed by atoms with van der Waals surface area (Å²) in [5.74, 6) is -1.86. The van der Waals surface area contributed by atoms with Gasteiger partial charge in [-0.2, -0.15) is 0 Å². The molecule has 13 unspecified atom stereocenters. The monoisotopic (exact) mass is 814 g/mol. The van der Waals surface area contributed by atoms with Gasteiger partial charge in [-0.1, -0.05) is 19.1 Å². The first-order chi connectivity index (χ1) is 26.3. The normalized spacial score (nSPS) is 32.0. The van der Waals surface area contributed by atoms with Crippen LogP contribution in [0.15, 0.2) is 24.3 Å². The average Bonchev–Trinajstić information content (AvgIpc) is 3.94. The Bertz CT molecular complexity index is 1460. The summed E-state index contributed by atoms with van der Waals surface area (Å²) in [6, 6.07) is 6.25. The predicted octanol–water partition coefficient (Wildman–Crippen LogP) is -2.24. The number of carbonyl (C=O) groups excluding carboxylic acids is 4. The van der Waals surface area contributed by atoms with Crippen molar-refractivity contribution in [3.63, 3.8) is 0 Å². The van der Waals surface area contributed by atoms with Crippen molar-refractivity contribution in [1.82, 2.24) is 0 Å². The van der Waals surface area contributed by atoms with Crippen molar-refractivity contribution in [2.45, 2.75) is 113 Å². The maximum Gasteiger partial charge on any atom is 0.502 e. The summed E-state index contributed by atoms with van der Waals surface area (Å²) >= 11 is 0. The number of rotatable bonds is 24. The zero-order chi connectivity index (χ0) is 39.9. The SMILES string of the molecule is CCC(=O)C(CCC[Si]12OC(CO)C(O1)C(C(O)C(O)C1O[Si]3(CCCC(COC=O)C(=O)Nc4ccc([10B](O)O)cc4)OC(C(C)O)C1O3)O2)COC=O. The molecule has 0 aliphatic carbocycles. The molecule has 13 atom stereocenters. The molecular weight excluding hydrogens is 765 g/mol. The number of ketones is 1. The van der Waals surface area contributed by atoms with Gasteiger partial charge in [0, 0.05) is 24.2 Å². The number of Topliss-reactive ketones (excluding diaryl/α,β-unsaturated/α-hetero) is 1. The zero-order valence-corrected chi connectivity index (χ0v) is 32.5. The molecule has 5 rings (SSSR count). The molecule has 4 saturated heterocycles. The van der Waals surface area contributed by atoms with E-state index in [1.54, 1.807) is 6.92 Å². The fourth-order valence-corrected chi connectivity index (χ4v) is 14.0. The maximum atomic E-state index is 13.1. The van der Waals surface area contributed by atoms with E-state index in [0.29, 0.717) is 18.5 Å². The summed E-state index contributed by atoms with van der Waals surface area (Å²) in [5.41, 5.74) is 0.615. The van der Waals surface area contributed by atoms with Gasteiger partial charge in [-0.3, -0.25) is 19.2 Å². The average molecular weight is 815 g/mol. The van der Waals surface area contributed by atoms with E-state index in [4.69, 9.17) is 36.0 Å². The van der Waals surface area contributed by atoms with Crippen molar-refractivity contribution in [2.75, 3.05) is 25.1 Å². The van der Waals surface area contributed by atoms with Gasteiger partial charge in [-0.15, -0.1) is 0 Å². The lowest BCUT2D eigenvalue weighted by Crippen LogP contribution is -2.60. The highest BCUT2D eigenvalue weighted by atomic mass is 28.4. The van der Waals surface area contributed by atoms with Gasteiger partial charge in [0.05, 0.1) is 24.5 Å². The molecule has 0 radical (unpaired) electrons. The van der Waals surface area contributed by atoms with Crippen molar-refractivity contribution >= 4 is 60.5 Å². The molecule has 22 heteroatoms. The lowest BCUT2D eigenvalue weighted by Gasteiger charge is -2.39. The van der Waals surface area contributed by atoms with Crippen molar-refractivity contribution in [2.24, 2.45) is 11.8 Å². The predicted molar refractivity (Wildman–Crippen MR) is 191 cm³/mol. The Morgan fingerprint density at radius 3 is 1.89 bits per heavy atom. The molecule has 4 heterocycles. The van der Waals surface area contributed by atoms with Gasteiger partial charge in [0.2, 0.25) is 5.91 Å². The standard InChI is InChI=1S/C33H50BNO18Si2/c1-3-24(40)20(15-46-17-37)6-4-12-54-48-25(14-36)29(50-54)30(51-54)26(41)27(42)31-32-28(19(2)39)49-55(52-31,53-32)13-5-7-21(16-47-18-38)33(43)35-23-10-8-22(9-11-23)34(44)45/h8-11,17-21,25-32,36,39,41-42,44-45H,3-7,12-16H2,1-2H3,(H,35,43)/i34-1. The van der Waals surface area contributed by atoms with Crippen LogP contribution in [0.1, 0.15) is 46.0 Å². The van der Waals surface area contributed by atoms with E-state index < -0.39 is 104 Å². The third-order valence-electron chi connectivity index (χ3n) is 10.4. The number of anilines is 1. The van der Waals surface area contributed by atoms with Crippen LogP contribution in [0, 0.1) is 11.8 Å². The molecule has 4 aliphatic heterocycles. The lowest BCUT2D eigenvalue weighted by molar-refractivity contribution is -0.145. The van der Waals surface area contributed by atoms with E-state index in [2.05, 4.69) is 5.32 Å². The Labute approximate surface area is 320 Å². The third kappa shape index (κ3) is 10.1. The van der Waals surface area contributed by atoms with Crippen LogP contribution < -0.4 is 10.8 Å². The van der Waals surface area contributed by atoms with Gasteiger partial charge in [0.1, 0.15) is 67.8 Å². The van der Waals surface area contributed by atoms with Gasteiger partial charge in [0.15, 0.2) is 0 Å². The Morgan fingerprint density at radius 2 is 1.35 bits per heavy atom. The van der Waals surface area contributed by atoms with E-state index in [1.807, 2.05) is 0 Å². The van der Waals surface area contributed by atoms with Gasteiger partial charge < -0.3 is 71.8 Å². The molecule has 1 amide bonds. The quantitative estimate of drug-likeness (QED) is 0.0429. The van der Waals surface area contributed by atoms with Crippen molar-refractivity contribution in [1.29, 1.82) is 0 Å². The largest absolute Gasteiger partial charge is 0.502 e. The second-order valence-corrected chi connectivity index (χ2v) is 19.3. The first kappa shape index (κ1) is 43.4. The molecule has 4 aliphatic rings. The van der Waals surface area contributed by atoms with E-state index in [1.165, 1.54) is 31.2 Å². The van der Waals surface area contributed by atoms with Gasteiger partial charge in [0.25, 0.3) is 12.9 Å². The van der Waals surface area contributed by atoms with E-state index in [0.717, 1.165) is 0 Å². The van der Waals surface area contributed by atoms with Gasteiger partial charge in [-0.25, -0.2) is 0 Å². The smallest absolute Gasteiger partial charge is 0.467 e. The number of amides is 1. The summed E-state index contributed by atoms with van der Waals surface area (Å²) in [5, 5.41) is 65.1. The van der Waals surface area contributed by atoms with E-state index >= 15 is 0 Å². The lowest BCUT2D eigenvalue weighted by atomic mass is 9.26. The highest BCUT2D eigenvalue weighted by Gasteiger charge is 2.69. The first-order valence-electron chi connectivity index (χ1n) is 18.4. The second kappa shape index (κ2) is 19.2. The topological polar surface area (TPSA) is 276 Å². The van der Waals surface area contributed by atoms with Crippen LogP contribution >= 0.6 is 0 Å². The van der Waals surface area contributed by atoms with Crippen molar-refractivity contribution < 1.29 is 85.7 Å². The molecule has 4 bridgehead atoms. The fraction of sp³-hybridized carbons (Fsp3) is 0.697. The molecule has 0 saturated carbocycles. The Balaban J connectivity index is 1.21. The minimum atomic E-state index is -3.60. The summed E-state index contributed by atoms with van der Waals surface area (Å²) in [4.78, 5) is 47.2. The summed E-state index contributed by atoms with van der Waals surface area (Å²) < 4.78 is 46.7. The van der Waals surface area contributed by atoms with E-state index in [-0.39, 0.29) is 68.8 Å². The number of ether oxygens (including phenoxy) is 2. The van der Waals surface area contributed by atoms with Crippen LogP contribution in [0.2, 0.25) is 12.1 Å². The molecule has 306 valence electrons. The van der Waals surface area contributed by atoms with Crippen LogP contribution in [0.4, 0.5) is 5.69 Å². The molecule has 7 N–H and O–H groups in total. The highest BCUT2D eigenvalue weighted by Crippen LogP contribution is 2.46. The number of nitrogens with one attached hydrogen (secondary N) is 1. The molecule has 19 nitrogen and oxygen atoms in total. The number of aliphatic hydroxyl groups is 4. The number of benzene rings is 1. The summed E-state index contributed by atoms with van der Waals surface area (Å²) in [7, 11) is -8.75. The molecule has 0 aromatic heterocycles. The minimum absolute atomic E-state index is 0.0610.